The van der Waals surface area contributed by atoms with Gasteiger partial charge in [0.05, 0.1) is 11.4 Å². The van der Waals surface area contributed by atoms with Crippen LogP contribution in [-0.2, 0) is 6.18 Å². The van der Waals surface area contributed by atoms with E-state index in [1.54, 1.807) is 13.8 Å². The molecule has 0 spiro atoms. The number of fused-ring (bicyclic) bond motifs is 1. The fraction of sp³-hybridized carbons (Fsp3) is 0.200. The van der Waals surface area contributed by atoms with Gasteiger partial charge in [0.25, 0.3) is 0 Å². The summed E-state index contributed by atoms with van der Waals surface area (Å²) in [7, 11) is 0. The quantitative estimate of drug-likeness (QED) is 0.459. The Kier molecular flexibility index (Phi) is 4.06. The van der Waals surface area contributed by atoms with Gasteiger partial charge in [-0.2, -0.15) is 18.2 Å². The number of benzene rings is 1. The first-order valence-corrected chi connectivity index (χ1v) is 7.21. The van der Waals surface area contributed by atoms with Crippen LogP contribution in [0.3, 0.4) is 0 Å². The summed E-state index contributed by atoms with van der Waals surface area (Å²) in [5, 5.41) is -0.350. The molecule has 0 aliphatic rings. The zero-order valence-electron chi connectivity index (χ0n) is 12.7. The SMILES string of the molecule is Cc1nc2nc(Cl)nc(-c3ccc(F)c(C(F)(F)F)c3F)c2nc1C. The molecule has 4 nitrogen and oxygen atoms in total. The molecule has 0 unspecified atom stereocenters. The summed E-state index contributed by atoms with van der Waals surface area (Å²) in [6, 6.07) is 1.35. The van der Waals surface area contributed by atoms with Gasteiger partial charge in [0.1, 0.15) is 28.4 Å². The number of hydrogen-bond donors (Lipinski definition) is 0. The number of aromatic nitrogens is 4. The van der Waals surface area contributed by atoms with Crippen LogP contribution in [0.4, 0.5) is 22.0 Å². The van der Waals surface area contributed by atoms with Gasteiger partial charge in [-0.1, -0.05) is 0 Å². The smallest absolute Gasteiger partial charge is 0.246 e. The monoisotopic (exact) mass is 374 g/mol. The molecule has 2 aromatic heterocycles. The average molecular weight is 375 g/mol. The van der Waals surface area contributed by atoms with Gasteiger partial charge in [-0.15, -0.1) is 0 Å². The predicted octanol–water partition coefficient (Wildman–Crippen LogP) is 4.65. The summed E-state index contributed by atoms with van der Waals surface area (Å²) in [4.78, 5) is 15.9. The van der Waals surface area contributed by atoms with Gasteiger partial charge in [0.15, 0.2) is 5.65 Å². The minimum atomic E-state index is -5.21. The van der Waals surface area contributed by atoms with E-state index in [1.807, 2.05) is 0 Å². The van der Waals surface area contributed by atoms with E-state index in [4.69, 9.17) is 11.6 Å². The average Bonchev–Trinajstić information content (AvgIpc) is 2.47. The van der Waals surface area contributed by atoms with E-state index in [-0.39, 0.29) is 22.1 Å². The Bertz CT molecular complexity index is 1000. The lowest BCUT2D eigenvalue weighted by Gasteiger charge is -2.13. The van der Waals surface area contributed by atoms with Crippen molar-refractivity contribution < 1.29 is 22.0 Å². The largest absolute Gasteiger partial charge is 0.422 e. The van der Waals surface area contributed by atoms with Crippen molar-refractivity contribution in [3.8, 4) is 11.3 Å². The van der Waals surface area contributed by atoms with Crippen LogP contribution in [0.25, 0.3) is 22.4 Å². The molecule has 1 aromatic carbocycles. The highest BCUT2D eigenvalue weighted by molar-refractivity contribution is 6.28. The maximum absolute atomic E-state index is 14.4. The molecule has 0 fully saturated rings. The molecule has 0 atom stereocenters. The molecule has 3 rings (SSSR count). The van der Waals surface area contributed by atoms with E-state index in [0.29, 0.717) is 17.5 Å². The van der Waals surface area contributed by atoms with E-state index < -0.39 is 28.9 Å². The predicted molar refractivity (Wildman–Crippen MR) is 80.0 cm³/mol. The third-order valence-corrected chi connectivity index (χ3v) is 3.71. The Morgan fingerprint density at radius 2 is 1.56 bits per heavy atom. The summed E-state index contributed by atoms with van der Waals surface area (Å²) in [6.07, 6.45) is -5.21. The highest BCUT2D eigenvalue weighted by Crippen LogP contribution is 2.38. The number of nitrogens with zero attached hydrogens (tertiary/aromatic N) is 4. The first-order valence-electron chi connectivity index (χ1n) is 6.83. The molecule has 0 N–H and O–H groups in total. The second-order valence-corrected chi connectivity index (χ2v) is 5.53. The molecular weight excluding hydrogens is 367 g/mol. The van der Waals surface area contributed by atoms with Gasteiger partial charge in [-0.3, -0.25) is 0 Å². The van der Waals surface area contributed by atoms with Gasteiger partial charge in [-0.25, -0.2) is 23.7 Å². The Hall–Kier alpha value is -2.42. The third-order valence-electron chi connectivity index (χ3n) is 3.54. The lowest BCUT2D eigenvalue weighted by molar-refractivity contribution is -0.142. The number of alkyl halides is 3. The number of hydrogen-bond acceptors (Lipinski definition) is 4. The third kappa shape index (κ3) is 2.99. The summed E-state index contributed by atoms with van der Waals surface area (Å²) in [5.74, 6) is -3.53. The Labute approximate surface area is 142 Å². The van der Waals surface area contributed by atoms with Crippen LogP contribution in [0.2, 0.25) is 5.28 Å². The molecule has 0 aliphatic carbocycles. The normalized spacial score (nSPS) is 12.0. The van der Waals surface area contributed by atoms with Crippen molar-refractivity contribution in [2.45, 2.75) is 20.0 Å². The van der Waals surface area contributed by atoms with Crippen LogP contribution in [0.1, 0.15) is 17.0 Å². The molecule has 10 heteroatoms. The molecule has 130 valence electrons. The van der Waals surface area contributed by atoms with E-state index in [9.17, 15) is 22.0 Å². The molecule has 25 heavy (non-hydrogen) atoms. The van der Waals surface area contributed by atoms with Crippen molar-refractivity contribution in [1.29, 1.82) is 0 Å². The first-order chi connectivity index (χ1) is 11.6. The number of aryl methyl sites for hydroxylation is 2. The van der Waals surface area contributed by atoms with Gasteiger partial charge in [-0.05, 0) is 37.6 Å². The molecule has 0 radical (unpaired) electrons. The minimum Gasteiger partial charge on any atom is -0.246 e. The van der Waals surface area contributed by atoms with Crippen molar-refractivity contribution in [2.75, 3.05) is 0 Å². The molecule has 0 saturated heterocycles. The molecule has 3 aromatic rings. The first kappa shape index (κ1) is 17.4. The zero-order chi connectivity index (χ0) is 18.5. The van der Waals surface area contributed by atoms with Crippen molar-refractivity contribution in [3.05, 3.63) is 46.0 Å². The van der Waals surface area contributed by atoms with Crippen LogP contribution < -0.4 is 0 Å². The lowest BCUT2D eigenvalue weighted by Crippen LogP contribution is -2.12. The van der Waals surface area contributed by atoms with Crippen LogP contribution >= 0.6 is 11.6 Å². The maximum atomic E-state index is 14.4. The maximum Gasteiger partial charge on any atom is 0.422 e. The van der Waals surface area contributed by atoms with E-state index in [0.717, 1.165) is 6.07 Å². The Morgan fingerprint density at radius 1 is 0.920 bits per heavy atom. The van der Waals surface area contributed by atoms with E-state index in [2.05, 4.69) is 19.9 Å². The van der Waals surface area contributed by atoms with Gasteiger partial charge in [0.2, 0.25) is 5.28 Å². The second-order valence-electron chi connectivity index (χ2n) is 5.19. The molecule has 0 bridgehead atoms. The molecular formula is C15H8ClF5N4. The highest BCUT2D eigenvalue weighted by Gasteiger charge is 2.39. The summed E-state index contributed by atoms with van der Waals surface area (Å²) in [5.41, 5.74) is -1.97. The number of halogens is 6. The second kappa shape index (κ2) is 5.83. The van der Waals surface area contributed by atoms with Crippen LogP contribution in [0.15, 0.2) is 12.1 Å². The van der Waals surface area contributed by atoms with Gasteiger partial charge < -0.3 is 0 Å². The molecule has 0 saturated carbocycles. The summed E-state index contributed by atoms with van der Waals surface area (Å²) in [6.45, 7) is 3.26. The van der Waals surface area contributed by atoms with Crippen LogP contribution in [0.5, 0.6) is 0 Å². The summed E-state index contributed by atoms with van der Waals surface area (Å²) >= 11 is 5.77. The zero-order valence-corrected chi connectivity index (χ0v) is 13.5. The Morgan fingerprint density at radius 3 is 2.20 bits per heavy atom. The lowest BCUT2D eigenvalue weighted by atomic mass is 10.0. The topological polar surface area (TPSA) is 51.6 Å². The number of rotatable bonds is 1. The molecule has 0 amide bonds. The van der Waals surface area contributed by atoms with E-state index in [1.165, 1.54) is 0 Å². The fourth-order valence-corrected chi connectivity index (χ4v) is 2.43. The Balaban J connectivity index is 2.40. The van der Waals surface area contributed by atoms with E-state index >= 15 is 0 Å². The van der Waals surface area contributed by atoms with Crippen LogP contribution in [-0.4, -0.2) is 19.9 Å². The standard InChI is InChI=1S/C15H8ClF5N4/c1-5-6(2)23-13-12(22-5)11(24-14(16)25-13)7-3-4-8(17)9(10(7)18)15(19,20)21/h3-4H,1-2H3. The molecule has 2 heterocycles. The van der Waals surface area contributed by atoms with Gasteiger partial charge in [0, 0.05) is 5.56 Å². The van der Waals surface area contributed by atoms with Crippen molar-refractivity contribution >= 4 is 22.8 Å². The van der Waals surface area contributed by atoms with Crippen molar-refractivity contribution in [2.24, 2.45) is 0 Å². The molecule has 0 aliphatic heterocycles. The van der Waals surface area contributed by atoms with Crippen molar-refractivity contribution in [3.63, 3.8) is 0 Å². The highest BCUT2D eigenvalue weighted by atomic mass is 35.5. The fourth-order valence-electron chi connectivity index (χ4n) is 2.27. The van der Waals surface area contributed by atoms with Crippen LogP contribution in [0, 0.1) is 25.5 Å². The van der Waals surface area contributed by atoms with Crippen molar-refractivity contribution in [1.82, 2.24) is 19.9 Å². The minimum absolute atomic E-state index is 0.00427. The summed E-state index contributed by atoms with van der Waals surface area (Å²) < 4.78 is 66.8. The van der Waals surface area contributed by atoms with Gasteiger partial charge >= 0.3 is 6.18 Å².